The minimum absolute atomic E-state index is 0.0203. The first-order chi connectivity index (χ1) is 8.15. The molecular formula is C15H25NO. The van der Waals surface area contributed by atoms with E-state index in [1.807, 2.05) is 39.0 Å². The number of hydrogen-bond acceptors (Lipinski definition) is 1. The smallest absolute Gasteiger partial charge is 0.227 e. The second-order valence-corrected chi connectivity index (χ2v) is 5.00. The highest BCUT2D eigenvalue weighted by molar-refractivity contribution is 5.81. The van der Waals surface area contributed by atoms with Crippen LogP contribution in [0.4, 0.5) is 0 Å². The van der Waals surface area contributed by atoms with Gasteiger partial charge in [0.2, 0.25) is 5.91 Å². The molecule has 1 saturated carbocycles. The Hall–Kier alpha value is -1.05. The predicted molar refractivity (Wildman–Crippen MR) is 72.8 cm³/mol. The van der Waals surface area contributed by atoms with E-state index in [1.165, 1.54) is 19.3 Å². The van der Waals surface area contributed by atoms with Gasteiger partial charge in [0.15, 0.2) is 0 Å². The molecule has 1 unspecified atom stereocenters. The summed E-state index contributed by atoms with van der Waals surface area (Å²) in [6, 6.07) is 0.410. The molecule has 17 heavy (non-hydrogen) atoms. The summed E-state index contributed by atoms with van der Waals surface area (Å²) >= 11 is 0. The molecule has 0 radical (unpaired) electrons. The first-order valence-electron chi connectivity index (χ1n) is 6.75. The van der Waals surface area contributed by atoms with Crippen molar-refractivity contribution in [2.75, 3.05) is 0 Å². The lowest BCUT2D eigenvalue weighted by Crippen LogP contribution is -2.39. The zero-order valence-corrected chi connectivity index (χ0v) is 11.3. The van der Waals surface area contributed by atoms with E-state index < -0.39 is 0 Å². The Morgan fingerprint density at radius 2 is 1.94 bits per heavy atom. The van der Waals surface area contributed by atoms with Crippen LogP contribution in [0.3, 0.4) is 0 Å². The molecule has 1 fully saturated rings. The van der Waals surface area contributed by atoms with Gasteiger partial charge < -0.3 is 5.32 Å². The average molecular weight is 235 g/mol. The van der Waals surface area contributed by atoms with Crippen molar-refractivity contribution in [2.45, 2.75) is 58.9 Å². The molecule has 0 aromatic heterocycles. The number of hydrogen-bond donors (Lipinski definition) is 1. The van der Waals surface area contributed by atoms with E-state index >= 15 is 0 Å². The van der Waals surface area contributed by atoms with Crippen molar-refractivity contribution in [3.05, 3.63) is 23.8 Å². The highest BCUT2D eigenvalue weighted by Gasteiger charge is 2.19. The van der Waals surface area contributed by atoms with Gasteiger partial charge in [-0.05, 0) is 33.6 Å². The molecule has 0 heterocycles. The lowest BCUT2D eigenvalue weighted by molar-refractivity contribution is -0.124. The highest BCUT2D eigenvalue weighted by atomic mass is 16.1. The molecule has 1 aliphatic carbocycles. The Kier molecular flexibility index (Phi) is 6.03. The third kappa shape index (κ3) is 4.76. The molecule has 0 saturated heterocycles. The molecule has 0 bridgehead atoms. The van der Waals surface area contributed by atoms with E-state index in [9.17, 15) is 4.79 Å². The summed E-state index contributed by atoms with van der Waals surface area (Å²) < 4.78 is 0. The second kappa shape index (κ2) is 7.31. The summed E-state index contributed by atoms with van der Waals surface area (Å²) in [4.78, 5) is 12.0. The summed E-state index contributed by atoms with van der Waals surface area (Å²) in [5, 5.41) is 3.17. The summed E-state index contributed by atoms with van der Waals surface area (Å²) in [6.07, 6.45) is 12.1. The summed E-state index contributed by atoms with van der Waals surface area (Å²) in [7, 11) is 0. The SMILES string of the molecule is C/C=C\C=C(/C)C(C)C(=O)NC1CCCCC1. The summed E-state index contributed by atoms with van der Waals surface area (Å²) in [5.74, 6) is 0.156. The molecule has 1 N–H and O–H groups in total. The minimum atomic E-state index is -0.0203. The molecule has 1 rings (SSSR count). The highest BCUT2D eigenvalue weighted by Crippen LogP contribution is 2.18. The zero-order valence-electron chi connectivity index (χ0n) is 11.3. The maximum Gasteiger partial charge on any atom is 0.227 e. The molecule has 96 valence electrons. The molecule has 1 atom stereocenters. The monoisotopic (exact) mass is 235 g/mol. The third-order valence-corrected chi connectivity index (χ3v) is 3.58. The maximum absolute atomic E-state index is 12.0. The van der Waals surface area contributed by atoms with E-state index in [1.54, 1.807) is 0 Å². The Morgan fingerprint density at radius 3 is 2.53 bits per heavy atom. The molecule has 1 aliphatic rings. The molecule has 0 aliphatic heterocycles. The van der Waals surface area contributed by atoms with E-state index in [-0.39, 0.29) is 11.8 Å². The lowest BCUT2D eigenvalue weighted by atomic mass is 9.94. The van der Waals surface area contributed by atoms with Gasteiger partial charge in [-0.25, -0.2) is 0 Å². The Labute approximate surface area is 105 Å². The predicted octanol–water partition coefficient (Wildman–Crippen LogP) is 3.59. The van der Waals surface area contributed by atoms with Crippen molar-refractivity contribution in [1.82, 2.24) is 5.32 Å². The van der Waals surface area contributed by atoms with Crippen LogP contribution in [0.15, 0.2) is 23.8 Å². The fourth-order valence-electron chi connectivity index (χ4n) is 2.17. The van der Waals surface area contributed by atoms with Gasteiger partial charge in [0.25, 0.3) is 0 Å². The van der Waals surface area contributed by atoms with Crippen LogP contribution in [0.25, 0.3) is 0 Å². The van der Waals surface area contributed by atoms with E-state index in [4.69, 9.17) is 0 Å². The van der Waals surface area contributed by atoms with Gasteiger partial charge in [0.1, 0.15) is 0 Å². The maximum atomic E-state index is 12.0. The van der Waals surface area contributed by atoms with Crippen LogP contribution in [-0.2, 0) is 4.79 Å². The van der Waals surface area contributed by atoms with Gasteiger partial charge in [0, 0.05) is 6.04 Å². The van der Waals surface area contributed by atoms with Crippen LogP contribution in [0, 0.1) is 5.92 Å². The van der Waals surface area contributed by atoms with Crippen LogP contribution >= 0.6 is 0 Å². The van der Waals surface area contributed by atoms with Crippen molar-refractivity contribution in [3.63, 3.8) is 0 Å². The molecule has 2 nitrogen and oxygen atoms in total. The van der Waals surface area contributed by atoms with Crippen molar-refractivity contribution >= 4 is 5.91 Å². The molecule has 2 heteroatoms. The molecule has 0 aromatic rings. The first kappa shape index (κ1) is 14.0. The van der Waals surface area contributed by atoms with Gasteiger partial charge in [-0.15, -0.1) is 0 Å². The molecule has 0 spiro atoms. The van der Waals surface area contributed by atoms with Crippen molar-refractivity contribution in [1.29, 1.82) is 0 Å². The van der Waals surface area contributed by atoms with Crippen LogP contribution in [0.5, 0.6) is 0 Å². The quantitative estimate of drug-likeness (QED) is 0.741. The van der Waals surface area contributed by atoms with Gasteiger partial charge in [-0.1, -0.05) is 43.1 Å². The first-order valence-corrected chi connectivity index (χ1v) is 6.75. The van der Waals surface area contributed by atoms with Gasteiger partial charge >= 0.3 is 0 Å². The Bertz CT molecular complexity index is 298. The van der Waals surface area contributed by atoms with Crippen molar-refractivity contribution < 1.29 is 4.79 Å². The molecule has 0 aromatic carbocycles. The van der Waals surface area contributed by atoms with Crippen LogP contribution in [0.2, 0.25) is 0 Å². The number of rotatable bonds is 4. The summed E-state index contributed by atoms with van der Waals surface area (Å²) in [6.45, 7) is 5.98. The Balaban J connectivity index is 2.45. The minimum Gasteiger partial charge on any atom is -0.353 e. The summed E-state index contributed by atoms with van der Waals surface area (Å²) in [5.41, 5.74) is 1.12. The Morgan fingerprint density at radius 1 is 1.29 bits per heavy atom. The van der Waals surface area contributed by atoms with Crippen molar-refractivity contribution in [2.24, 2.45) is 5.92 Å². The average Bonchev–Trinajstić information content (AvgIpc) is 2.36. The number of nitrogens with one attached hydrogen (secondary N) is 1. The molecular weight excluding hydrogens is 210 g/mol. The van der Waals surface area contributed by atoms with Gasteiger partial charge in [-0.3, -0.25) is 4.79 Å². The molecule has 1 amide bonds. The van der Waals surface area contributed by atoms with E-state index in [0.29, 0.717) is 6.04 Å². The van der Waals surface area contributed by atoms with E-state index in [0.717, 1.165) is 18.4 Å². The van der Waals surface area contributed by atoms with Gasteiger partial charge in [-0.2, -0.15) is 0 Å². The number of carbonyl (C=O) groups is 1. The van der Waals surface area contributed by atoms with Crippen LogP contribution in [-0.4, -0.2) is 11.9 Å². The fourth-order valence-corrected chi connectivity index (χ4v) is 2.17. The lowest BCUT2D eigenvalue weighted by Gasteiger charge is -2.24. The number of carbonyl (C=O) groups excluding carboxylic acids is 1. The topological polar surface area (TPSA) is 29.1 Å². The van der Waals surface area contributed by atoms with Crippen molar-refractivity contribution in [3.8, 4) is 0 Å². The van der Waals surface area contributed by atoms with E-state index in [2.05, 4.69) is 5.32 Å². The van der Waals surface area contributed by atoms with Gasteiger partial charge in [0.05, 0.1) is 5.92 Å². The standard InChI is InChI=1S/C15H25NO/c1-4-5-9-12(2)13(3)15(17)16-14-10-7-6-8-11-14/h4-5,9,13-14H,6-8,10-11H2,1-3H3,(H,16,17)/b5-4-,12-9+. The largest absolute Gasteiger partial charge is 0.353 e. The third-order valence-electron chi connectivity index (χ3n) is 3.58. The fraction of sp³-hybridized carbons (Fsp3) is 0.667. The number of allylic oxidation sites excluding steroid dienone is 3. The zero-order chi connectivity index (χ0) is 12.7. The van der Waals surface area contributed by atoms with Crippen LogP contribution < -0.4 is 5.32 Å². The second-order valence-electron chi connectivity index (χ2n) is 5.00. The number of amides is 1. The normalized spacial score (nSPS) is 20.5. The van der Waals surface area contributed by atoms with Crippen LogP contribution in [0.1, 0.15) is 52.9 Å².